The summed E-state index contributed by atoms with van der Waals surface area (Å²) in [5.74, 6) is -2.70. The minimum atomic E-state index is -0.896. The van der Waals surface area contributed by atoms with Crippen molar-refractivity contribution in [1.29, 1.82) is 0 Å². The van der Waals surface area contributed by atoms with E-state index in [9.17, 15) is 24.2 Å². The molecule has 2 aromatic heterocycles. The van der Waals surface area contributed by atoms with Crippen molar-refractivity contribution in [2.75, 3.05) is 6.61 Å². The average molecular weight is 430 g/mol. The lowest BCUT2D eigenvalue weighted by atomic mass is 9.90. The zero-order chi connectivity index (χ0) is 22.7. The molecule has 0 saturated heterocycles. The van der Waals surface area contributed by atoms with Crippen molar-refractivity contribution in [3.8, 4) is 11.4 Å². The quantitative estimate of drug-likeness (QED) is 0.554. The van der Waals surface area contributed by atoms with Crippen LogP contribution in [0.25, 0.3) is 5.69 Å². The smallest absolute Gasteiger partial charge is 0.306 e. The van der Waals surface area contributed by atoms with Gasteiger partial charge in [0.1, 0.15) is 18.2 Å². The number of hydrogen-bond donors (Lipinski definition) is 2. The summed E-state index contributed by atoms with van der Waals surface area (Å²) in [6.07, 6.45) is -0.226. The van der Waals surface area contributed by atoms with Crippen LogP contribution < -0.4 is 5.43 Å². The van der Waals surface area contributed by atoms with Gasteiger partial charge in [0, 0.05) is 17.3 Å². The second kappa shape index (κ2) is 9.13. The monoisotopic (exact) mass is 430 g/mol. The molecule has 0 amide bonds. The molecule has 2 heterocycles. The molecule has 0 aliphatic carbocycles. The molecule has 1 atom stereocenters. The molecule has 0 unspecified atom stereocenters. The molecular formula is C22H23FN2O6. The highest BCUT2D eigenvalue weighted by atomic mass is 19.1. The largest absolute Gasteiger partial charge is 0.502 e. The standard InChI is InChI=1S/C22H23FN2O6/c1-4-30-19(28)10-17(22-21(29)18(27)9-16(11-26)31-22)20-12(2)24-25(13(20)3)15-7-5-14(23)6-8-15/h5-9,17,26,29H,4,10-11H2,1-3H3/t17-/m1/s1. The zero-order valence-corrected chi connectivity index (χ0v) is 17.4. The van der Waals surface area contributed by atoms with Gasteiger partial charge in [-0.3, -0.25) is 9.59 Å². The van der Waals surface area contributed by atoms with Gasteiger partial charge in [0.05, 0.1) is 30.3 Å². The van der Waals surface area contributed by atoms with Crippen LogP contribution in [0.1, 0.15) is 47.7 Å². The van der Waals surface area contributed by atoms with Crippen molar-refractivity contribution < 1.29 is 28.6 Å². The summed E-state index contributed by atoms with van der Waals surface area (Å²) >= 11 is 0. The van der Waals surface area contributed by atoms with Crippen molar-refractivity contribution in [3.63, 3.8) is 0 Å². The van der Waals surface area contributed by atoms with Crippen molar-refractivity contribution in [2.45, 2.75) is 39.7 Å². The molecule has 0 aliphatic rings. The Bertz CT molecular complexity index is 1150. The maximum Gasteiger partial charge on any atom is 0.306 e. The molecule has 3 rings (SSSR count). The molecule has 0 fully saturated rings. The van der Waals surface area contributed by atoms with E-state index in [0.29, 0.717) is 22.6 Å². The lowest BCUT2D eigenvalue weighted by Gasteiger charge is -2.18. The van der Waals surface area contributed by atoms with Gasteiger partial charge in [-0.1, -0.05) is 0 Å². The number of aryl methyl sites for hydroxylation is 1. The predicted molar refractivity (Wildman–Crippen MR) is 109 cm³/mol. The number of rotatable bonds is 7. The van der Waals surface area contributed by atoms with Gasteiger partial charge in [-0.25, -0.2) is 9.07 Å². The van der Waals surface area contributed by atoms with E-state index in [4.69, 9.17) is 9.15 Å². The summed E-state index contributed by atoms with van der Waals surface area (Å²) in [7, 11) is 0. The minimum Gasteiger partial charge on any atom is -0.502 e. The van der Waals surface area contributed by atoms with Gasteiger partial charge in [0.2, 0.25) is 11.2 Å². The van der Waals surface area contributed by atoms with Crippen LogP contribution >= 0.6 is 0 Å². The molecule has 1 aromatic carbocycles. The van der Waals surface area contributed by atoms with E-state index in [0.717, 1.165) is 6.07 Å². The first-order valence-electron chi connectivity index (χ1n) is 9.71. The average Bonchev–Trinajstić information content (AvgIpc) is 3.03. The van der Waals surface area contributed by atoms with E-state index in [1.54, 1.807) is 37.6 Å². The molecular weight excluding hydrogens is 407 g/mol. The summed E-state index contributed by atoms with van der Waals surface area (Å²) in [4.78, 5) is 24.5. The van der Waals surface area contributed by atoms with Crippen molar-refractivity contribution in [2.24, 2.45) is 0 Å². The van der Waals surface area contributed by atoms with Gasteiger partial charge in [-0.05, 0) is 45.0 Å². The Balaban J connectivity index is 2.20. The first-order valence-corrected chi connectivity index (χ1v) is 9.71. The van der Waals surface area contributed by atoms with E-state index < -0.39 is 35.5 Å². The number of aromatic nitrogens is 2. The highest BCUT2D eigenvalue weighted by Crippen LogP contribution is 2.37. The molecule has 8 nitrogen and oxygen atoms in total. The number of aromatic hydroxyl groups is 1. The highest BCUT2D eigenvalue weighted by Gasteiger charge is 2.31. The third kappa shape index (κ3) is 4.51. The normalized spacial score (nSPS) is 12.0. The molecule has 0 spiro atoms. The molecule has 164 valence electrons. The maximum atomic E-state index is 13.3. The van der Waals surface area contributed by atoms with E-state index in [2.05, 4.69) is 5.10 Å². The van der Waals surface area contributed by atoms with Gasteiger partial charge >= 0.3 is 5.97 Å². The number of carbonyl (C=O) groups excluding carboxylic acids is 1. The fourth-order valence-electron chi connectivity index (χ4n) is 3.57. The third-order valence-electron chi connectivity index (χ3n) is 4.92. The Morgan fingerprint density at radius 1 is 1.29 bits per heavy atom. The second-order valence-corrected chi connectivity index (χ2v) is 6.98. The molecule has 0 bridgehead atoms. The van der Waals surface area contributed by atoms with Crippen molar-refractivity contribution in [1.82, 2.24) is 9.78 Å². The Labute approximate surface area is 177 Å². The second-order valence-electron chi connectivity index (χ2n) is 6.98. The zero-order valence-electron chi connectivity index (χ0n) is 17.4. The van der Waals surface area contributed by atoms with Gasteiger partial charge < -0.3 is 19.4 Å². The topological polar surface area (TPSA) is 115 Å². The molecule has 9 heteroatoms. The molecule has 0 aliphatic heterocycles. The molecule has 0 saturated carbocycles. The maximum absolute atomic E-state index is 13.3. The Morgan fingerprint density at radius 2 is 1.97 bits per heavy atom. The van der Waals surface area contributed by atoms with Crippen LogP contribution in [0.2, 0.25) is 0 Å². The molecule has 3 aromatic rings. The Morgan fingerprint density at radius 3 is 2.58 bits per heavy atom. The molecule has 0 radical (unpaired) electrons. The van der Waals surface area contributed by atoms with Gasteiger partial charge in [-0.15, -0.1) is 0 Å². The van der Waals surface area contributed by atoms with Crippen molar-refractivity contribution >= 4 is 5.97 Å². The number of ether oxygens (including phenoxy) is 1. The number of halogens is 1. The van der Waals surface area contributed by atoms with Crippen LogP contribution in [0.3, 0.4) is 0 Å². The van der Waals surface area contributed by atoms with E-state index >= 15 is 0 Å². The van der Waals surface area contributed by atoms with Crippen molar-refractivity contribution in [3.05, 3.63) is 74.8 Å². The highest BCUT2D eigenvalue weighted by molar-refractivity contribution is 5.71. The number of aliphatic hydroxyl groups is 1. The fraction of sp³-hybridized carbons (Fsp3) is 0.318. The van der Waals surface area contributed by atoms with Gasteiger partial charge in [0.15, 0.2) is 5.76 Å². The summed E-state index contributed by atoms with van der Waals surface area (Å²) in [5.41, 5.74) is 1.53. The van der Waals surface area contributed by atoms with Crippen LogP contribution in [0.15, 0.2) is 39.5 Å². The van der Waals surface area contributed by atoms with E-state index in [-0.39, 0.29) is 24.5 Å². The first-order chi connectivity index (χ1) is 14.8. The van der Waals surface area contributed by atoms with Gasteiger partial charge in [-0.2, -0.15) is 5.10 Å². The number of nitrogens with zero attached hydrogens (tertiary/aromatic N) is 2. The fourth-order valence-corrected chi connectivity index (χ4v) is 3.57. The summed E-state index contributed by atoms with van der Waals surface area (Å²) in [5, 5.41) is 24.3. The predicted octanol–water partition coefficient (Wildman–Crippen LogP) is 2.86. The molecule has 2 N–H and O–H groups in total. The lowest BCUT2D eigenvalue weighted by molar-refractivity contribution is -0.143. The Hall–Kier alpha value is -3.46. The minimum absolute atomic E-state index is 0.0482. The summed E-state index contributed by atoms with van der Waals surface area (Å²) in [6.45, 7) is 4.74. The van der Waals surface area contributed by atoms with E-state index in [1.807, 2.05) is 0 Å². The lowest BCUT2D eigenvalue weighted by Crippen LogP contribution is -2.16. The van der Waals surface area contributed by atoms with Gasteiger partial charge in [0.25, 0.3) is 0 Å². The number of benzene rings is 1. The summed E-state index contributed by atoms with van der Waals surface area (Å²) in [6, 6.07) is 6.71. The summed E-state index contributed by atoms with van der Waals surface area (Å²) < 4.78 is 25.6. The number of hydrogen-bond acceptors (Lipinski definition) is 7. The first kappa shape index (κ1) is 22.2. The third-order valence-corrected chi connectivity index (χ3v) is 4.92. The number of esters is 1. The Kier molecular flexibility index (Phi) is 6.55. The van der Waals surface area contributed by atoms with Crippen LogP contribution in [-0.4, -0.2) is 32.6 Å². The number of carbonyl (C=O) groups is 1. The molecule has 31 heavy (non-hydrogen) atoms. The van der Waals surface area contributed by atoms with E-state index in [1.165, 1.54) is 12.1 Å². The van der Waals surface area contributed by atoms with Crippen LogP contribution in [-0.2, 0) is 16.1 Å². The number of aliphatic hydroxyl groups excluding tert-OH is 1. The van der Waals surface area contributed by atoms with Crippen LogP contribution in [0.5, 0.6) is 5.75 Å². The van der Waals surface area contributed by atoms with Crippen LogP contribution in [0, 0.1) is 19.7 Å². The van der Waals surface area contributed by atoms with Crippen LogP contribution in [0.4, 0.5) is 4.39 Å². The SMILES string of the molecule is CCOC(=O)C[C@@H](c1oc(CO)cc(=O)c1O)c1c(C)nn(-c2ccc(F)cc2)c1C.